The number of hydrogen-bond acceptors (Lipinski definition) is 11. The number of benzene rings is 1. The van der Waals surface area contributed by atoms with Crippen molar-refractivity contribution >= 4 is 39.2 Å². The van der Waals surface area contributed by atoms with Gasteiger partial charge in [-0.1, -0.05) is 0 Å². The monoisotopic (exact) mass is 501 g/mol. The SMILES string of the molecule is COc1cc(OCc2csc(N3CCOCC3)n2)c2cc(-c3cn4c(n3)SC(OC)N4)oc2c1. The molecular formula is C22H23N5O5S2. The number of thioether (sulfide) groups is 1. The van der Waals surface area contributed by atoms with E-state index < -0.39 is 0 Å². The van der Waals surface area contributed by atoms with Gasteiger partial charge in [-0.2, -0.15) is 0 Å². The summed E-state index contributed by atoms with van der Waals surface area (Å²) < 4.78 is 30.4. The molecule has 1 N–H and O–H groups in total. The van der Waals surface area contributed by atoms with Crippen LogP contribution in [0.4, 0.5) is 5.13 Å². The van der Waals surface area contributed by atoms with Gasteiger partial charge in [-0.3, -0.25) is 5.43 Å². The number of fused-ring (bicyclic) bond motifs is 2. The predicted octanol–water partition coefficient (Wildman–Crippen LogP) is 3.76. The summed E-state index contributed by atoms with van der Waals surface area (Å²) >= 11 is 3.13. The van der Waals surface area contributed by atoms with Gasteiger partial charge in [0, 0.05) is 37.7 Å². The summed E-state index contributed by atoms with van der Waals surface area (Å²) in [5, 5.41) is 4.70. The molecule has 5 heterocycles. The van der Waals surface area contributed by atoms with E-state index in [0.29, 0.717) is 29.4 Å². The molecule has 34 heavy (non-hydrogen) atoms. The normalized spacial score (nSPS) is 17.7. The molecule has 1 unspecified atom stereocenters. The minimum absolute atomic E-state index is 0.147. The fraction of sp³-hybridized carbons (Fsp3) is 0.364. The molecule has 0 amide bonds. The second-order valence-corrected chi connectivity index (χ2v) is 9.62. The fourth-order valence-electron chi connectivity index (χ4n) is 3.85. The largest absolute Gasteiger partial charge is 0.496 e. The first-order valence-corrected chi connectivity index (χ1v) is 12.5. The lowest BCUT2D eigenvalue weighted by atomic mass is 10.2. The molecular weight excluding hydrogens is 478 g/mol. The number of morpholine rings is 1. The molecule has 1 atom stereocenters. The zero-order chi connectivity index (χ0) is 23.1. The highest BCUT2D eigenvalue weighted by Gasteiger charge is 2.25. The molecule has 0 aliphatic carbocycles. The van der Waals surface area contributed by atoms with Crippen LogP contribution in [-0.2, 0) is 16.1 Å². The van der Waals surface area contributed by atoms with Gasteiger partial charge >= 0.3 is 0 Å². The van der Waals surface area contributed by atoms with E-state index >= 15 is 0 Å². The van der Waals surface area contributed by atoms with E-state index in [1.807, 2.05) is 34.5 Å². The molecule has 0 spiro atoms. The summed E-state index contributed by atoms with van der Waals surface area (Å²) in [5.41, 5.74) is 5.32. The number of ether oxygens (including phenoxy) is 4. The average Bonchev–Trinajstić information content (AvgIpc) is 3.65. The van der Waals surface area contributed by atoms with Crippen molar-refractivity contribution in [1.82, 2.24) is 14.6 Å². The minimum atomic E-state index is -0.147. The maximum atomic E-state index is 6.19. The predicted molar refractivity (Wildman–Crippen MR) is 129 cm³/mol. The van der Waals surface area contributed by atoms with E-state index in [0.717, 1.165) is 53.4 Å². The molecule has 2 aliphatic rings. The first-order valence-electron chi connectivity index (χ1n) is 10.8. The van der Waals surface area contributed by atoms with Gasteiger partial charge in [0.1, 0.15) is 29.4 Å². The van der Waals surface area contributed by atoms with Crippen molar-refractivity contribution in [3.8, 4) is 23.0 Å². The summed E-state index contributed by atoms with van der Waals surface area (Å²) in [4.78, 5) is 11.6. The van der Waals surface area contributed by atoms with Crippen LogP contribution < -0.4 is 19.8 Å². The quantitative estimate of drug-likeness (QED) is 0.403. The number of anilines is 1. The molecule has 1 aromatic carbocycles. The minimum Gasteiger partial charge on any atom is -0.496 e. The molecule has 0 saturated carbocycles. The lowest BCUT2D eigenvalue weighted by Crippen LogP contribution is -2.36. The van der Waals surface area contributed by atoms with E-state index in [9.17, 15) is 0 Å². The Bertz CT molecular complexity index is 1290. The Labute approximate surface area is 203 Å². The number of hydrogen-bond donors (Lipinski definition) is 1. The van der Waals surface area contributed by atoms with Crippen LogP contribution in [0, 0.1) is 0 Å². The van der Waals surface area contributed by atoms with E-state index in [2.05, 4.69) is 15.3 Å². The van der Waals surface area contributed by atoms with Gasteiger partial charge in [0.05, 0.1) is 37.6 Å². The molecule has 0 radical (unpaired) electrons. The summed E-state index contributed by atoms with van der Waals surface area (Å²) in [6.07, 6.45) is 1.89. The maximum Gasteiger partial charge on any atom is 0.196 e. The number of imidazole rings is 1. The van der Waals surface area contributed by atoms with Crippen molar-refractivity contribution in [2.75, 3.05) is 50.8 Å². The van der Waals surface area contributed by atoms with Gasteiger partial charge in [-0.25, -0.2) is 14.6 Å². The molecule has 2 aliphatic heterocycles. The first-order chi connectivity index (χ1) is 16.7. The zero-order valence-electron chi connectivity index (χ0n) is 18.6. The topological polar surface area (TPSA) is 96.0 Å². The van der Waals surface area contributed by atoms with Crippen LogP contribution in [0.3, 0.4) is 0 Å². The summed E-state index contributed by atoms with van der Waals surface area (Å²) in [6.45, 7) is 3.54. The molecule has 1 fully saturated rings. The molecule has 1 saturated heterocycles. The number of rotatable bonds is 7. The standard InChI is InChI=1S/C22H23N5O5S2/c1-28-14-7-17(31-11-13-12-33-20(23-13)26-3-5-30-6-4-26)15-9-19(32-18(15)8-14)16-10-27-21(24-16)34-22(25-27)29-2/h7-10,12,22,25H,3-6,11H2,1-2H3. The highest BCUT2D eigenvalue weighted by atomic mass is 32.2. The molecule has 10 nitrogen and oxygen atoms in total. The third-order valence-electron chi connectivity index (χ3n) is 5.60. The molecule has 4 aromatic rings. The Morgan fingerprint density at radius 1 is 1.18 bits per heavy atom. The highest BCUT2D eigenvalue weighted by molar-refractivity contribution is 7.99. The Morgan fingerprint density at radius 2 is 2.06 bits per heavy atom. The van der Waals surface area contributed by atoms with Crippen molar-refractivity contribution in [1.29, 1.82) is 0 Å². The number of aromatic nitrogens is 3. The lowest BCUT2D eigenvalue weighted by Gasteiger charge is -2.26. The molecule has 3 aromatic heterocycles. The third-order valence-corrected chi connectivity index (χ3v) is 7.56. The third kappa shape index (κ3) is 4.06. The number of thiazole rings is 1. The highest BCUT2D eigenvalue weighted by Crippen LogP contribution is 2.38. The van der Waals surface area contributed by atoms with Crippen LogP contribution >= 0.6 is 23.1 Å². The Balaban J connectivity index is 1.24. The number of nitrogens with zero attached hydrogens (tertiary/aromatic N) is 4. The summed E-state index contributed by atoms with van der Waals surface area (Å²) in [5.74, 6) is 1.97. The van der Waals surface area contributed by atoms with E-state index in [4.69, 9.17) is 28.3 Å². The maximum absolute atomic E-state index is 6.19. The van der Waals surface area contributed by atoms with Crippen molar-refractivity contribution in [2.45, 2.75) is 17.3 Å². The van der Waals surface area contributed by atoms with Gasteiger partial charge in [0.15, 0.2) is 21.6 Å². The summed E-state index contributed by atoms with van der Waals surface area (Å²) in [7, 11) is 3.28. The van der Waals surface area contributed by atoms with E-state index in [-0.39, 0.29) is 5.56 Å². The number of furan rings is 1. The van der Waals surface area contributed by atoms with Crippen molar-refractivity contribution < 1.29 is 23.4 Å². The van der Waals surface area contributed by atoms with Crippen LogP contribution in [0.5, 0.6) is 11.5 Å². The first kappa shape index (κ1) is 21.6. The van der Waals surface area contributed by atoms with E-state index in [1.54, 1.807) is 25.6 Å². The van der Waals surface area contributed by atoms with Crippen molar-refractivity contribution in [3.63, 3.8) is 0 Å². The van der Waals surface area contributed by atoms with E-state index in [1.165, 1.54) is 11.8 Å². The lowest BCUT2D eigenvalue weighted by molar-refractivity contribution is 0.122. The second-order valence-electron chi connectivity index (χ2n) is 7.75. The van der Waals surface area contributed by atoms with Crippen LogP contribution in [0.15, 0.2) is 39.3 Å². The number of nitrogens with one attached hydrogen (secondary N) is 1. The average molecular weight is 502 g/mol. The second kappa shape index (κ2) is 9.02. The van der Waals surface area contributed by atoms with Gasteiger partial charge in [0.2, 0.25) is 0 Å². The molecule has 12 heteroatoms. The van der Waals surface area contributed by atoms with Gasteiger partial charge in [-0.15, -0.1) is 11.3 Å². The Morgan fingerprint density at radius 3 is 2.85 bits per heavy atom. The van der Waals surface area contributed by atoms with Crippen LogP contribution in [0.25, 0.3) is 22.4 Å². The zero-order valence-corrected chi connectivity index (χ0v) is 20.3. The Hall–Kier alpha value is -2.93. The molecule has 0 bridgehead atoms. The van der Waals surface area contributed by atoms with Crippen molar-refractivity contribution in [3.05, 3.63) is 35.5 Å². The van der Waals surface area contributed by atoms with Crippen LogP contribution in [0.2, 0.25) is 0 Å². The summed E-state index contributed by atoms with van der Waals surface area (Å²) in [6, 6.07) is 5.66. The molecule has 178 valence electrons. The van der Waals surface area contributed by atoms with Gasteiger partial charge in [-0.05, 0) is 17.8 Å². The fourth-order valence-corrected chi connectivity index (χ4v) is 5.54. The smallest absolute Gasteiger partial charge is 0.196 e. The van der Waals surface area contributed by atoms with Crippen LogP contribution in [-0.4, -0.2) is 60.7 Å². The van der Waals surface area contributed by atoms with Gasteiger partial charge < -0.3 is 28.3 Å². The van der Waals surface area contributed by atoms with Crippen molar-refractivity contribution in [2.24, 2.45) is 0 Å². The number of methoxy groups -OCH3 is 2. The Kier molecular flexibility index (Phi) is 5.73. The van der Waals surface area contributed by atoms with Crippen LogP contribution in [0.1, 0.15) is 5.69 Å². The van der Waals surface area contributed by atoms with Gasteiger partial charge in [0.25, 0.3) is 0 Å². The molecule has 6 rings (SSSR count).